The number of hydrogen-bond acceptors (Lipinski definition) is 4. The lowest BCUT2D eigenvalue weighted by atomic mass is 10.2. The SMILES string of the molecule is CC(=O)NCC=Cc1ccc(C(=O)CCC(=O)O)s1. The van der Waals surface area contributed by atoms with E-state index in [1.54, 1.807) is 18.2 Å². The fourth-order valence-electron chi connectivity index (χ4n) is 1.31. The summed E-state index contributed by atoms with van der Waals surface area (Å²) in [7, 11) is 0. The molecule has 0 aliphatic carbocycles. The number of nitrogens with one attached hydrogen (secondary N) is 1. The van der Waals surface area contributed by atoms with Gasteiger partial charge in [-0.1, -0.05) is 6.08 Å². The summed E-state index contributed by atoms with van der Waals surface area (Å²) in [5, 5.41) is 11.1. The molecule has 0 saturated heterocycles. The Bertz CT molecular complexity index is 504. The number of carboxylic acids is 1. The van der Waals surface area contributed by atoms with Crippen LogP contribution >= 0.6 is 11.3 Å². The first-order valence-corrected chi connectivity index (χ1v) is 6.56. The Morgan fingerprint density at radius 2 is 2.05 bits per heavy atom. The van der Waals surface area contributed by atoms with Crippen molar-refractivity contribution in [1.82, 2.24) is 5.32 Å². The van der Waals surface area contributed by atoms with E-state index in [0.29, 0.717) is 11.4 Å². The van der Waals surface area contributed by atoms with Gasteiger partial charge in [-0.3, -0.25) is 14.4 Å². The Kier molecular flexibility index (Phi) is 5.95. The summed E-state index contributed by atoms with van der Waals surface area (Å²) in [6.07, 6.45) is 3.47. The van der Waals surface area contributed by atoms with Gasteiger partial charge < -0.3 is 10.4 Å². The number of thiophene rings is 1. The van der Waals surface area contributed by atoms with Crippen LogP contribution in [-0.2, 0) is 9.59 Å². The molecule has 0 aromatic carbocycles. The molecule has 0 radical (unpaired) electrons. The molecule has 1 rings (SSSR count). The number of amides is 1. The number of ketones is 1. The van der Waals surface area contributed by atoms with Crippen molar-refractivity contribution in [1.29, 1.82) is 0 Å². The molecule has 0 spiro atoms. The Morgan fingerprint density at radius 1 is 1.32 bits per heavy atom. The van der Waals surface area contributed by atoms with Crippen LogP contribution in [0.5, 0.6) is 0 Å². The summed E-state index contributed by atoms with van der Waals surface area (Å²) in [5.41, 5.74) is 0. The molecule has 1 aromatic heterocycles. The third kappa shape index (κ3) is 5.96. The van der Waals surface area contributed by atoms with E-state index in [9.17, 15) is 14.4 Å². The molecule has 0 bridgehead atoms. The van der Waals surface area contributed by atoms with Crippen LogP contribution in [0.1, 0.15) is 34.3 Å². The van der Waals surface area contributed by atoms with Crippen LogP contribution in [-0.4, -0.2) is 29.3 Å². The maximum Gasteiger partial charge on any atom is 0.303 e. The zero-order valence-corrected chi connectivity index (χ0v) is 11.3. The monoisotopic (exact) mass is 281 g/mol. The van der Waals surface area contributed by atoms with Crippen molar-refractivity contribution in [2.45, 2.75) is 19.8 Å². The molecule has 0 aliphatic rings. The van der Waals surface area contributed by atoms with E-state index < -0.39 is 5.97 Å². The zero-order chi connectivity index (χ0) is 14.3. The molecule has 0 unspecified atom stereocenters. The van der Waals surface area contributed by atoms with Crippen LogP contribution in [0.3, 0.4) is 0 Å². The van der Waals surface area contributed by atoms with Gasteiger partial charge in [-0.25, -0.2) is 0 Å². The smallest absolute Gasteiger partial charge is 0.303 e. The largest absolute Gasteiger partial charge is 0.481 e. The summed E-state index contributed by atoms with van der Waals surface area (Å²) < 4.78 is 0. The number of Topliss-reactive ketones (excluding diaryl/α,β-unsaturated/α-hetero) is 1. The molecule has 5 nitrogen and oxygen atoms in total. The molecule has 1 heterocycles. The zero-order valence-electron chi connectivity index (χ0n) is 10.5. The predicted octanol–water partition coefficient (Wildman–Crippen LogP) is 1.94. The van der Waals surface area contributed by atoms with Gasteiger partial charge in [0.2, 0.25) is 5.91 Å². The minimum absolute atomic E-state index is 0.0187. The van der Waals surface area contributed by atoms with Gasteiger partial charge in [0.25, 0.3) is 0 Å². The first-order valence-electron chi connectivity index (χ1n) is 5.75. The van der Waals surface area contributed by atoms with Gasteiger partial charge in [-0.05, 0) is 18.2 Å². The normalized spacial score (nSPS) is 10.6. The number of carboxylic acid groups (broad SMARTS) is 1. The van der Waals surface area contributed by atoms with Gasteiger partial charge in [-0.2, -0.15) is 0 Å². The van der Waals surface area contributed by atoms with E-state index in [-0.39, 0.29) is 24.5 Å². The molecule has 0 atom stereocenters. The first kappa shape index (κ1) is 15.1. The van der Waals surface area contributed by atoms with Gasteiger partial charge in [0.15, 0.2) is 5.78 Å². The third-order valence-electron chi connectivity index (χ3n) is 2.22. The molecule has 0 fully saturated rings. The number of aliphatic carboxylic acids is 1. The summed E-state index contributed by atoms with van der Waals surface area (Å²) in [4.78, 5) is 34.1. The fraction of sp³-hybridized carbons (Fsp3) is 0.308. The maximum absolute atomic E-state index is 11.6. The number of carbonyl (C=O) groups excluding carboxylic acids is 2. The highest BCUT2D eigenvalue weighted by Gasteiger charge is 2.10. The Hall–Kier alpha value is -1.95. The van der Waals surface area contributed by atoms with Crippen LogP contribution in [0.15, 0.2) is 18.2 Å². The summed E-state index contributed by atoms with van der Waals surface area (Å²) in [6, 6.07) is 3.48. The molecule has 6 heteroatoms. The molecule has 0 saturated carbocycles. The van der Waals surface area contributed by atoms with Crippen molar-refractivity contribution >= 4 is 35.1 Å². The molecular weight excluding hydrogens is 266 g/mol. The molecule has 19 heavy (non-hydrogen) atoms. The second-order valence-corrected chi connectivity index (χ2v) is 4.97. The Labute approximate surface area is 114 Å². The Morgan fingerprint density at radius 3 is 2.68 bits per heavy atom. The van der Waals surface area contributed by atoms with Crippen molar-refractivity contribution in [2.24, 2.45) is 0 Å². The highest BCUT2D eigenvalue weighted by Crippen LogP contribution is 2.19. The first-order chi connectivity index (χ1) is 8.99. The highest BCUT2D eigenvalue weighted by atomic mass is 32.1. The standard InChI is InChI=1S/C13H15NO4S/c1-9(15)14-8-2-3-10-4-6-12(19-10)11(16)5-7-13(17)18/h2-4,6H,5,7-8H2,1H3,(H,14,15)(H,17,18). The maximum atomic E-state index is 11.6. The highest BCUT2D eigenvalue weighted by molar-refractivity contribution is 7.14. The number of hydrogen-bond donors (Lipinski definition) is 2. The number of rotatable bonds is 7. The molecule has 1 amide bonds. The minimum Gasteiger partial charge on any atom is -0.481 e. The van der Waals surface area contributed by atoms with Gasteiger partial charge in [-0.15, -0.1) is 11.3 Å². The van der Waals surface area contributed by atoms with Gasteiger partial charge >= 0.3 is 5.97 Å². The lowest BCUT2D eigenvalue weighted by Crippen LogP contribution is -2.19. The molecule has 102 valence electrons. The molecule has 1 aromatic rings. The van der Waals surface area contributed by atoms with Crippen LogP contribution in [0.4, 0.5) is 0 Å². The fourth-order valence-corrected chi connectivity index (χ4v) is 2.22. The van der Waals surface area contributed by atoms with Gasteiger partial charge in [0, 0.05) is 24.8 Å². The van der Waals surface area contributed by atoms with Crippen LogP contribution in [0.25, 0.3) is 6.08 Å². The lowest BCUT2D eigenvalue weighted by Gasteiger charge is -1.94. The van der Waals surface area contributed by atoms with Crippen molar-refractivity contribution in [3.05, 3.63) is 28.0 Å². The minimum atomic E-state index is -0.972. The predicted molar refractivity (Wildman–Crippen MR) is 73.2 cm³/mol. The van der Waals surface area contributed by atoms with Crippen molar-refractivity contribution in [3.63, 3.8) is 0 Å². The second-order valence-electron chi connectivity index (χ2n) is 3.86. The average molecular weight is 281 g/mol. The van der Waals surface area contributed by atoms with Crippen molar-refractivity contribution in [2.75, 3.05) is 6.54 Å². The quantitative estimate of drug-likeness (QED) is 0.748. The molecule has 2 N–H and O–H groups in total. The van der Waals surface area contributed by atoms with E-state index >= 15 is 0 Å². The Balaban J connectivity index is 2.49. The van der Waals surface area contributed by atoms with Crippen molar-refractivity contribution in [3.8, 4) is 0 Å². The van der Waals surface area contributed by atoms with E-state index in [1.807, 2.05) is 6.08 Å². The van der Waals surface area contributed by atoms with Crippen LogP contribution in [0.2, 0.25) is 0 Å². The van der Waals surface area contributed by atoms with Gasteiger partial charge in [0.05, 0.1) is 11.3 Å². The van der Waals surface area contributed by atoms with Gasteiger partial charge in [0.1, 0.15) is 0 Å². The molecule has 0 aliphatic heterocycles. The average Bonchev–Trinajstić information content (AvgIpc) is 2.80. The third-order valence-corrected chi connectivity index (χ3v) is 3.31. The topological polar surface area (TPSA) is 83.5 Å². The van der Waals surface area contributed by atoms with E-state index in [4.69, 9.17) is 5.11 Å². The summed E-state index contributed by atoms with van der Waals surface area (Å²) in [5.74, 6) is -1.23. The van der Waals surface area contributed by atoms with Crippen molar-refractivity contribution < 1.29 is 19.5 Å². The van der Waals surface area contributed by atoms with Crippen LogP contribution < -0.4 is 5.32 Å². The van der Waals surface area contributed by atoms with E-state index in [0.717, 1.165) is 4.88 Å². The van der Waals surface area contributed by atoms with E-state index in [1.165, 1.54) is 18.3 Å². The van der Waals surface area contributed by atoms with Crippen LogP contribution in [0, 0.1) is 0 Å². The summed E-state index contributed by atoms with van der Waals surface area (Å²) >= 11 is 1.31. The number of carbonyl (C=O) groups is 3. The lowest BCUT2D eigenvalue weighted by molar-refractivity contribution is -0.137. The summed E-state index contributed by atoms with van der Waals surface area (Å²) in [6.45, 7) is 1.88. The second kappa shape index (κ2) is 7.48. The van der Waals surface area contributed by atoms with E-state index in [2.05, 4.69) is 5.32 Å². The molecular formula is C13H15NO4S.